The predicted octanol–water partition coefficient (Wildman–Crippen LogP) is 1.68. The second-order valence-electron chi connectivity index (χ2n) is 6.04. The number of hydrogen-bond donors (Lipinski definition) is 2. The van der Waals surface area contributed by atoms with Crippen LogP contribution in [-0.4, -0.2) is 25.0 Å². The Balaban J connectivity index is 1.49. The summed E-state index contributed by atoms with van der Waals surface area (Å²) in [5, 5.41) is 6.69. The summed E-state index contributed by atoms with van der Waals surface area (Å²) >= 11 is 0. The van der Waals surface area contributed by atoms with E-state index in [-0.39, 0.29) is 0 Å². The fourth-order valence-electron chi connectivity index (χ4n) is 3.82. The van der Waals surface area contributed by atoms with Gasteiger partial charge >= 0.3 is 0 Å². The quantitative estimate of drug-likeness (QED) is 0.766. The van der Waals surface area contributed by atoms with E-state index in [9.17, 15) is 4.79 Å². The van der Waals surface area contributed by atoms with Gasteiger partial charge in [-0.1, -0.05) is 19.3 Å². The molecule has 3 atom stereocenters. The van der Waals surface area contributed by atoms with Gasteiger partial charge in [0.1, 0.15) is 0 Å². The molecule has 1 aliphatic heterocycles. The van der Waals surface area contributed by atoms with Gasteiger partial charge in [-0.3, -0.25) is 4.79 Å². The van der Waals surface area contributed by atoms with Gasteiger partial charge in [0, 0.05) is 18.5 Å². The van der Waals surface area contributed by atoms with Crippen LogP contribution in [0, 0.1) is 17.8 Å². The minimum Gasteiger partial charge on any atom is -0.352 e. The molecular weight excluding hydrogens is 212 g/mol. The molecule has 1 heterocycles. The molecular formula is C14H24N2O. The fraction of sp³-hybridized carbons (Fsp3) is 0.929. The summed E-state index contributed by atoms with van der Waals surface area (Å²) in [6, 6.07) is 0.382. The molecule has 3 aliphatic rings. The average molecular weight is 236 g/mol. The van der Waals surface area contributed by atoms with Crippen LogP contribution in [0.25, 0.3) is 0 Å². The van der Waals surface area contributed by atoms with Gasteiger partial charge in [0.2, 0.25) is 5.91 Å². The second kappa shape index (κ2) is 4.97. The molecule has 3 nitrogen and oxygen atoms in total. The summed E-state index contributed by atoms with van der Waals surface area (Å²) in [6.07, 6.45) is 8.93. The standard InChI is InChI=1S/C14H24N2O/c17-14(13-11-6-1-2-7-12(11)13)16-10-5-3-4-8-15-9-10/h10-13,15H,1-9H2,(H,16,17). The van der Waals surface area contributed by atoms with Gasteiger partial charge in [-0.25, -0.2) is 0 Å². The second-order valence-corrected chi connectivity index (χ2v) is 6.04. The van der Waals surface area contributed by atoms with E-state index in [1.54, 1.807) is 0 Å². The summed E-state index contributed by atoms with van der Waals surface area (Å²) in [7, 11) is 0. The third-order valence-electron chi connectivity index (χ3n) is 4.85. The Labute approximate surface area is 104 Å². The van der Waals surface area contributed by atoms with Crippen molar-refractivity contribution in [2.45, 2.75) is 51.0 Å². The van der Waals surface area contributed by atoms with Gasteiger partial charge in [0.05, 0.1) is 0 Å². The lowest BCUT2D eigenvalue weighted by Crippen LogP contribution is -2.41. The molecule has 96 valence electrons. The van der Waals surface area contributed by atoms with Crippen LogP contribution in [0.3, 0.4) is 0 Å². The first-order valence-corrected chi connectivity index (χ1v) is 7.37. The Kier molecular flexibility index (Phi) is 3.37. The predicted molar refractivity (Wildman–Crippen MR) is 67.6 cm³/mol. The smallest absolute Gasteiger partial charge is 0.223 e. The molecule has 1 amide bonds. The zero-order valence-corrected chi connectivity index (χ0v) is 10.6. The van der Waals surface area contributed by atoms with Crippen molar-refractivity contribution in [3.63, 3.8) is 0 Å². The summed E-state index contributed by atoms with van der Waals surface area (Å²) in [4.78, 5) is 12.2. The van der Waals surface area contributed by atoms with Crippen LogP contribution in [0.4, 0.5) is 0 Å². The first-order chi connectivity index (χ1) is 8.36. The lowest BCUT2D eigenvalue weighted by Gasteiger charge is -2.16. The average Bonchev–Trinajstić information content (AvgIpc) is 3.09. The van der Waals surface area contributed by atoms with Gasteiger partial charge in [0.25, 0.3) is 0 Å². The van der Waals surface area contributed by atoms with Crippen molar-refractivity contribution >= 4 is 5.91 Å². The van der Waals surface area contributed by atoms with E-state index in [2.05, 4.69) is 10.6 Å². The molecule has 0 radical (unpaired) electrons. The van der Waals surface area contributed by atoms with Gasteiger partial charge in [-0.2, -0.15) is 0 Å². The normalized spacial score (nSPS) is 41.2. The van der Waals surface area contributed by atoms with E-state index in [0.29, 0.717) is 17.9 Å². The molecule has 0 spiro atoms. The summed E-state index contributed by atoms with van der Waals surface area (Å²) < 4.78 is 0. The molecule has 0 aromatic rings. The van der Waals surface area contributed by atoms with E-state index in [1.807, 2.05) is 0 Å². The highest BCUT2D eigenvalue weighted by atomic mass is 16.2. The van der Waals surface area contributed by atoms with Crippen molar-refractivity contribution in [1.29, 1.82) is 0 Å². The third kappa shape index (κ3) is 2.49. The SMILES string of the molecule is O=C(NC1CCCCNC1)C1C2CCCCC21. The Hall–Kier alpha value is -0.570. The largest absolute Gasteiger partial charge is 0.352 e. The minimum atomic E-state index is 0.357. The summed E-state index contributed by atoms with van der Waals surface area (Å²) in [6.45, 7) is 2.08. The summed E-state index contributed by atoms with van der Waals surface area (Å²) in [5.74, 6) is 2.21. The Morgan fingerprint density at radius 3 is 2.47 bits per heavy atom. The molecule has 0 aromatic carbocycles. The van der Waals surface area contributed by atoms with Crippen LogP contribution in [-0.2, 0) is 4.79 Å². The Morgan fingerprint density at radius 1 is 1.00 bits per heavy atom. The van der Waals surface area contributed by atoms with Crippen LogP contribution >= 0.6 is 0 Å². The van der Waals surface area contributed by atoms with Crippen LogP contribution in [0.5, 0.6) is 0 Å². The molecule has 1 saturated heterocycles. The first kappa shape index (κ1) is 11.5. The van der Waals surface area contributed by atoms with Crippen molar-refractivity contribution in [2.24, 2.45) is 17.8 Å². The molecule has 2 aliphatic carbocycles. The van der Waals surface area contributed by atoms with Crippen molar-refractivity contribution in [2.75, 3.05) is 13.1 Å². The molecule has 0 aromatic heterocycles. The van der Waals surface area contributed by atoms with Gasteiger partial charge < -0.3 is 10.6 Å². The molecule has 3 fully saturated rings. The Bertz CT molecular complexity index is 272. The van der Waals surface area contributed by atoms with Crippen LogP contribution < -0.4 is 10.6 Å². The number of hydrogen-bond acceptors (Lipinski definition) is 2. The number of carbonyl (C=O) groups excluding carboxylic acids is 1. The number of fused-ring (bicyclic) bond motifs is 1. The molecule has 2 saturated carbocycles. The van der Waals surface area contributed by atoms with Gasteiger partial charge in [0.15, 0.2) is 0 Å². The topological polar surface area (TPSA) is 41.1 Å². The zero-order valence-electron chi connectivity index (χ0n) is 10.6. The van der Waals surface area contributed by atoms with Crippen molar-refractivity contribution in [3.8, 4) is 0 Å². The molecule has 3 unspecified atom stereocenters. The highest BCUT2D eigenvalue weighted by Crippen LogP contribution is 2.55. The molecule has 2 N–H and O–H groups in total. The number of amides is 1. The number of rotatable bonds is 2. The lowest BCUT2D eigenvalue weighted by molar-refractivity contribution is -0.123. The number of nitrogens with one attached hydrogen (secondary N) is 2. The van der Waals surface area contributed by atoms with Crippen molar-refractivity contribution in [1.82, 2.24) is 10.6 Å². The third-order valence-corrected chi connectivity index (χ3v) is 4.85. The maximum absolute atomic E-state index is 12.2. The van der Waals surface area contributed by atoms with E-state index in [1.165, 1.54) is 38.5 Å². The first-order valence-electron chi connectivity index (χ1n) is 7.37. The van der Waals surface area contributed by atoms with E-state index >= 15 is 0 Å². The Morgan fingerprint density at radius 2 is 1.71 bits per heavy atom. The fourth-order valence-corrected chi connectivity index (χ4v) is 3.82. The molecule has 17 heavy (non-hydrogen) atoms. The van der Waals surface area contributed by atoms with Crippen molar-refractivity contribution < 1.29 is 4.79 Å². The van der Waals surface area contributed by atoms with E-state index < -0.39 is 0 Å². The molecule has 3 rings (SSSR count). The monoisotopic (exact) mass is 236 g/mol. The number of carbonyl (C=O) groups is 1. The highest BCUT2D eigenvalue weighted by molar-refractivity contribution is 5.82. The lowest BCUT2D eigenvalue weighted by atomic mass is 10.0. The zero-order chi connectivity index (χ0) is 11.7. The summed E-state index contributed by atoms with van der Waals surface area (Å²) in [5.41, 5.74) is 0. The highest BCUT2D eigenvalue weighted by Gasteiger charge is 2.54. The van der Waals surface area contributed by atoms with Crippen LogP contribution in [0.2, 0.25) is 0 Å². The van der Waals surface area contributed by atoms with Gasteiger partial charge in [-0.05, 0) is 44.1 Å². The van der Waals surface area contributed by atoms with E-state index in [4.69, 9.17) is 0 Å². The maximum Gasteiger partial charge on any atom is 0.223 e. The van der Waals surface area contributed by atoms with Crippen molar-refractivity contribution in [3.05, 3.63) is 0 Å². The van der Waals surface area contributed by atoms with Gasteiger partial charge in [-0.15, -0.1) is 0 Å². The molecule has 0 bridgehead atoms. The minimum absolute atomic E-state index is 0.357. The van der Waals surface area contributed by atoms with E-state index in [0.717, 1.165) is 31.3 Å². The maximum atomic E-state index is 12.2. The van der Waals surface area contributed by atoms with Crippen LogP contribution in [0.15, 0.2) is 0 Å². The van der Waals surface area contributed by atoms with Crippen LogP contribution in [0.1, 0.15) is 44.9 Å². The molecule has 3 heteroatoms.